The molecule has 3 fully saturated rings. The highest BCUT2D eigenvalue weighted by Crippen LogP contribution is 2.41. The molecule has 5 heterocycles. The van der Waals surface area contributed by atoms with Crippen LogP contribution in [0.5, 0.6) is 0 Å². The number of halogens is 1. The first-order valence-corrected chi connectivity index (χ1v) is 13.2. The molecule has 1 saturated heterocycles. The van der Waals surface area contributed by atoms with E-state index in [9.17, 15) is 5.11 Å². The standard InChI is InChI=1S/C27H28ClN7O/c1-3-34-15-22-25(32-34)24(31-26(28)30-22)21-14-35(19-12-33(13-19)18-6-7-18)23-11-29-17(10-20(21)23)8-9-27(2,36)16-4-5-16/h10-11,14-16,18-19,36H,3-7,12-13H2,1-2H3. The summed E-state index contributed by atoms with van der Waals surface area (Å²) >= 11 is 6.38. The van der Waals surface area contributed by atoms with Gasteiger partial charge in [0.1, 0.15) is 28.0 Å². The molecular formula is C27H28ClN7O. The highest BCUT2D eigenvalue weighted by atomic mass is 35.5. The van der Waals surface area contributed by atoms with Gasteiger partial charge in [0.15, 0.2) is 0 Å². The van der Waals surface area contributed by atoms with Gasteiger partial charge in [-0.25, -0.2) is 15.0 Å². The van der Waals surface area contributed by atoms with Crippen molar-refractivity contribution >= 4 is 33.5 Å². The minimum Gasteiger partial charge on any atom is -0.378 e. The zero-order valence-electron chi connectivity index (χ0n) is 20.4. The molecule has 1 unspecified atom stereocenters. The van der Waals surface area contributed by atoms with E-state index in [-0.39, 0.29) is 11.2 Å². The number of hydrogen-bond donors (Lipinski definition) is 1. The van der Waals surface area contributed by atoms with Gasteiger partial charge in [0.25, 0.3) is 0 Å². The Morgan fingerprint density at radius 2 is 1.94 bits per heavy atom. The fourth-order valence-electron chi connectivity index (χ4n) is 5.33. The van der Waals surface area contributed by atoms with Crippen LogP contribution in [0.25, 0.3) is 33.2 Å². The molecule has 0 radical (unpaired) electrons. The average Bonchev–Trinajstić information content (AvgIpc) is 3.76. The number of aryl methyl sites for hydroxylation is 1. The minimum absolute atomic E-state index is 0.201. The molecule has 7 rings (SSSR count). The average molecular weight is 502 g/mol. The number of rotatable bonds is 5. The minimum atomic E-state index is -0.983. The Kier molecular flexibility index (Phi) is 4.94. The van der Waals surface area contributed by atoms with Crippen molar-refractivity contribution in [2.45, 2.75) is 63.8 Å². The lowest BCUT2D eigenvalue weighted by Crippen LogP contribution is -2.48. The monoisotopic (exact) mass is 501 g/mol. The van der Waals surface area contributed by atoms with Crippen LogP contribution in [0.2, 0.25) is 5.28 Å². The van der Waals surface area contributed by atoms with Gasteiger partial charge in [-0.05, 0) is 69.0 Å². The molecule has 1 aliphatic heterocycles. The Balaban J connectivity index is 1.37. The first-order chi connectivity index (χ1) is 17.4. The number of fused-ring (bicyclic) bond motifs is 2. The van der Waals surface area contributed by atoms with Crippen molar-refractivity contribution in [2.75, 3.05) is 13.1 Å². The van der Waals surface area contributed by atoms with Crippen molar-refractivity contribution < 1.29 is 5.11 Å². The molecule has 8 nitrogen and oxygen atoms in total. The van der Waals surface area contributed by atoms with E-state index in [1.54, 1.807) is 6.92 Å². The van der Waals surface area contributed by atoms with Crippen LogP contribution in [0.15, 0.2) is 24.7 Å². The molecule has 2 aliphatic carbocycles. The summed E-state index contributed by atoms with van der Waals surface area (Å²) in [5.41, 5.74) is 3.82. The first kappa shape index (κ1) is 22.2. The quantitative estimate of drug-likeness (QED) is 0.328. The first-order valence-electron chi connectivity index (χ1n) is 12.8. The van der Waals surface area contributed by atoms with E-state index in [2.05, 4.69) is 42.5 Å². The van der Waals surface area contributed by atoms with Crippen molar-refractivity contribution in [3.63, 3.8) is 0 Å². The molecule has 0 spiro atoms. The number of aromatic nitrogens is 6. The van der Waals surface area contributed by atoms with Crippen molar-refractivity contribution in [1.82, 2.24) is 34.2 Å². The van der Waals surface area contributed by atoms with Crippen molar-refractivity contribution in [1.29, 1.82) is 0 Å². The lowest BCUT2D eigenvalue weighted by Gasteiger charge is -2.40. The zero-order valence-corrected chi connectivity index (χ0v) is 21.2. The lowest BCUT2D eigenvalue weighted by atomic mass is 10.0. The number of likely N-dealkylation sites (tertiary alicyclic amines) is 1. The van der Waals surface area contributed by atoms with E-state index in [0.717, 1.165) is 71.7 Å². The van der Waals surface area contributed by atoms with Crippen LogP contribution in [0.1, 0.15) is 51.3 Å². The van der Waals surface area contributed by atoms with Crippen LogP contribution in [0, 0.1) is 17.8 Å². The fraction of sp³-hybridized carbons (Fsp3) is 0.481. The SMILES string of the molecule is CCn1cc2nc(Cl)nc(-c3cn(C4CN(C5CC5)C4)c4cnc(C#CC(C)(O)C5CC5)cc34)c2n1. The van der Waals surface area contributed by atoms with Crippen LogP contribution in [-0.4, -0.2) is 64.0 Å². The summed E-state index contributed by atoms with van der Waals surface area (Å²) in [4.78, 5) is 16.3. The summed E-state index contributed by atoms with van der Waals surface area (Å²) in [5, 5.41) is 16.6. The smallest absolute Gasteiger partial charge is 0.223 e. The summed E-state index contributed by atoms with van der Waals surface area (Å²) in [6.07, 6.45) is 10.7. The molecule has 3 aliphatic rings. The molecule has 0 bridgehead atoms. The molecule has 1 N–H and O–H groups in total. The Morgan fingerprint density at radius 3 is 2.67 bits per heavy atom. The number of hydrogen-bond acceptors (Lipinski definition) is 6. The van der Waals surface area contributed by atoms with Crippen LogP contribution < -0.4 is 0 Å². The highest BCUT2D eigenvalue weighted by Gasteiger charge is 2.40. The summed E-state index contributed by atoms with van der Waals surface area (Å²) in [6.45, 7) is 6.67. The molecule has 0 amide bonds. The predicted molar refractivity (Wildman–Crippen MR) is 139 cm³/mol. The van der Waals surface area contributed by atoms with Crippen molar-refractivity contribution in [3.8, 4) is 23.1 Å². The van der Waals surface area contributed by atoms with Gasteiger partial charge < -0.3 is 9.67 Å². The Hall–Kier alpha value is -2.99. The second kappa shape index (κ2) is 8.01. The summed E-state index contributed by atoms with van der Waals surface area (Å²) in [6, 6.07) is 3.16. The van der Waals surface area contributed by atoms with Gasteiger partial charge in [-0.15, -0.1) is 0 Å². The number of aliphatic hydroxyl groups is 1. The zero-order chi connectivity index (χ0) is 24.6. The third-order valence-electron chi connectivity index (χ3n) is 7.85. The van der Waals surface area contributed by atoms with Gasteiger partial charge in [0.05, 0.1) is 24.0 Å². The molecule has 4 aromatic rings. The molecule has 9 heteroatoms. The number of pyridine rings is 1. The van der Waals surface area contributed by atoms with Gasteiger partial charge in [0, 0.05) is 42.8 Å². The fourth-order valence-corrected chi connectivity index (χ4v) is 5.50. The maximum Gasteiger partial charge on any atom is 0.223 e. The van der Waals surface area contributed by atoms with Gasteiger partial charge >= 0.3 is 0 Å². The topological polar surface area (TPSA) is 84.9 Å². The van der Waals surface area contributed by atoms with E-state index in [1.807, 2.05) is 30.1 Å². The normalized spacial score (nSPS) is 20.3. The van der Waals surface area contributed by atoms with Crippen LogP contribution in [-0.2, 0) is 6.54 Å². The van der Waals surface area contributed by atoms with E-state index in [1.165, 1.54) is 12.8 Å². The second-order valence-electron chi connectivity index (χ2n) is 10.6. The summed E-state index contributed by atoms with van der Waals surface area (Å²) in [5.74, 6) is 6.44. The van der Waals surface area contributed by atoms with E-state index in [0.29, 0.717) is 11.7 Å². The summed E-state index contributed by atoms with van der Waals surface area (Å²) in [7, 11) is 0. The van der Waals surface area contributed by atoms with Gasteiger partial charge in [-0.2, -0.15) is 5.10 Å². The molecule has 4 aromatic heterocycles. The molecule has 2 saturated carbocycles. The predicted octanol–water partition coefficient (Wildman–Crippen LogP) is 4.05. The van der Waals surface area contributed by atoms with Gasteiger partial charge in [-0.3, -0.25) is 9.58 Å². The maximum atomic E-state index is 10.7. The maximum absolute atomic E-state index is 10.7. The summed E-state index contributed by atoms with van der Waals surface area (Å²) < 4.78 is 4.18. The molecular weight excluding hydrogens is 474 g/mol. The highest BCUT2D eigenvalue weighted by molar-refractivity contribution is 6.29. The van der Waals surface area contributed by atoms with Gasteiger partial charge in [-0.1, -0.05) is 5.92 Å². The van der Waals surface area contributed by atoms with Crippen LogP contribution in [0.3, 0.4) is 0 Å². The molecule has 0 aromatic carbocycles. The Bertz CT molecular complexity index is 1560. The lowest BCUT2D eigenvalue weighted by molar-refractivity contribution is 0.0980. The molecule has 36 heavy (non-hydrogen) atoms. The number of nitrogens with zero attached hydrogens (tertiary/aromatic N) is 7. The largest absolute Gasteiger partial charge is 0.378 e. The third-order valence-corrected chi connectivity index (χ3v) is 8.01. The van der Waals surface area contributed by atoms with Crippen LogP contribution in [0.4, 0.5) is 0 Å². The Labute approximate surface area is 214 Å². The van der Waals surface area contributed by atoms with Gasteiger partial charge in [0.2, 0.25) is 5.28 Å². The molecule has 184 valence electrons. The van der Waals surface area contributed by atoms with E-state index >= 15 is 0 Å². The van der Waals surface area contributed by atoms with E-state index in [4.69, 9.17) is 16.7 Å². The Morgan fingerprint density at radius 1 is 1.14 bits per heavy atom. The second-order valence-corrected chi connectivity index (χ2v) is 10.9. The van der Waals surface area contributed by atoms with Crippen molar-refractivity contribution in [2.24, 2.45) is 5.92 Å². The third kappa shape index (κ3) is 3.78. The van der Waals surface area contributed by atoms with E-state index < -0.39 is 5.60 Å². The van der Waals surface area contributed by atoms with Crippen molar-refractivity contribution in [3.05, 3.63) is 35.6 Å². The molecule has 1 atom stereocenters. The van der Waals surface area contributed by atoms with Crippen LogP contribution >= 0.6 is 11.6 Å².